The highest BCUT2D eigenvalue weighted by Gasteiger charge is 2.26. The van der Waals surface area contributed by atoms with Crippen molar-refractivity contribution >= 4 is 34.2 Å². The molecule has 2 heterocycles. The van der Waals surface area contributed by atoms with Crippen LogP contribution in [0.3, 0.4) is 0 Å². The van der Waals surface area contributed by atoms with Crippen LogP contribution in [0.1, 0.15) is 17.4 Å². The van der Waals surface area contributed by atoms with Gasteiger partial charge in [0, 0.05) is 21.1 Å². The van der Waals surface area contributed by atoms with Crippen LogP contribution in [-0.2, 0) is 6.42 Å². The Morgan fingerprint density at radius 1 is 1.05 bits per heavy atom. The lowest BCUT2D eigenvalue weighted by Gasteiger charge is -2.17. The fraction of sp³-hybridized carbons (Fsp3) is 0.143. The summed E-state index contributed by atoms with van der Waals surface area (Å²) < 4.78 is 7.74. The summed E-state index contributed by atoms with van der Waals surface area (Å²) in [6.45, 7) is 0.0866. The molecule has 0 radical (unpaired) electrons. The summed E-state index contributed by atoms with van der Waals surface area (Å²) >= 11 is 8.69. The predicted octanol–water partition coefficient (Wildman–Crippen LogP) is 5.40. The van der Waals surface area contributed by atoms with Gasteiger partial charge in [-0.3, -0.25) is 4.57 Å². The topological polar surface area (TPSA) is 116 Å². The Kier molecular flexibility index (Phi) is 7.87. The van der Waals surface area contributed by atoms with E-state index in [0.29, 0.717) is 34.3 Å². The molecule has 0 fully saturated rings. The largest absolute Gasteiger partial charge is 0.493 e. The minimum atomic E-state index is -0.626. The van der Waals surface area contributed by atoms with Crippen LogP contribution in [0.25, 0.3) is 22.5 Å². The number of aromatic amines is 2. The molecule has 8 nitrogen and oxygen atoms in total. The van der Waals surface area contributed by atoms with E-state index in [1.165, 1.54) is 4.57 Å². The molecule has 38 heavy (non-hydrogen) atoms. The third-order valence-corrected chi connectivity index (χ3v) is 7.11. The molecular formula is C28H24ClIN4O4. The lowest BCUT2D eigenvalue weighted by Crippen LogP contribution is -2.25. The highest BCUT2D eigenvalue weighted by atomic mass is 127. The number of ether oxygens (including phenoxy) is 1. The number of aliphatic hydroxyl groups is 1. The normalized spacial score (nSPS) is 12.0. The summed E-state index contributed by atoms with van der Waals surface area (Å²) in [5.74, 6) is 0.878. The van der Waals surface area contributed by atoms with Gasteiger partial charge in [-0.25, -0.2) is 9.78 Å². The van der Waals surface area contributed by atoms with Gasteiger partial charge in [-0.1, -0.05) is 48.0 Å². The van der Waals surface area contributed by atoms with E-state index < -0.39 is 11.7 Å². The zero-order valence-corrected chi connectivity index (χ0v) is 23.0. The number of hydrogen-bond acceptors (Lipinski definition) is 5. The molecule has 0 saturated carbocycles. The lowest BCUT2D eigenvalue weighted by atomic mass is 10.0. The van der Waals surface area contributed by atoms with Crippen molar-refractivity contribution in [3.05, 3.63) is 109 Å². The first kappa shape index (κ1) is 26.1. The van der Waals surface area contributed by atoms with Crippen molar-refractivity contribution in [2.24, 2.45) is 0 Å². The Balaban J connectivity index is 1.55. The van der Waals surface area contributed by atoms with Crippen molar-refractivity contribution in [2.45, 2.75) is 12.5 Å². The van der Waals surface area contributed by atoms with Crippen LogP contribution in [0.15, 0.2) is 83.8 Å². The Hall–Kier alpha value is -3.54. The molecule has 0 bridgehead atoms. The van der Waals surface area contributed by atoms with Gasteiger partial charge in [0.05, 0.1) is 23.5 Å². The van der Waals surface area contributed by atoms with Gasteiger partial charge in [-0.2, -0.15) is 0 Å². The van der Waals surface area contributed by atoms with Crippen molar-refractivity contribution < 1.29 is 14.9 Å². The minimum absolute atomic E-state index is 0.0915. The molecule has 0 aliphatic heterocycles. The molecule has 0 unspecified atom stereocenters. The molecule has 194 valence electrons. The third kappa shape index (κ3) is 5.50. The number of H-pyrrole nitrogens is 2. The summed E-state index contributed by atoms with van der Waals surface area (Å²) in [7, 11) is 0. The summed E-state index contributed by atoms with van der Waals surface area (Å²) in [5, 5.41) is 20.8. The maximum absolute atomic E-state index is 13.2. The van der Waals surface area contributed by atoms with Crippen molar-refractivity contribution in [3.63, 3.8) is 0 Å². The van der Waals surface area contributed by atoms with Crippen LogP contribution in [0.4, 0.5) is 0 Å². The number of aromatic nitrogens is 4. The first-order chi connectivity index (χ1) is 18.4. The Morgan fingerprint density at radius 2 is 1.82 bits per heavy atom. The molecular weight excluding hydrogens is 619 g/mol. The number of aliphatic hydroxyl groups excluding tert-OH is 1. The van der Waals surface area contributed by atoms with E-state index in [2.05, 4.69) is 37.5 Å². The van der Waals surface area contributed by atoms with Gasteiger partial charge < -0.3 is 24.9 Å². The number of halogens is 2. The summed E-state index contributed by atoms with van der Waals surface area (Å²) in [6.07, 6.45) is 2.09. The van der Waals surface area contributed by atoms with Gasteiger partial charge in [-0.15, -0.1) is 0 Å². The number of benzene rings is 3. The zero-order valence-electron chi connectivity index (χ0n) is 20.1. The van der Waals surface area contributed by atoms with Crippen molar-refractivity contribution in [3.8, 4) is 34.1 Å². The van der Waals surface area contributed by atoms with E-state index in [4.69, 9.17) is 21.4 Å². The summed E-state index contributed by atoms with van der Waals surface area (Å²) in [4.78, 5) is 24.0. The highest BCUT2D eigenvalue weighted by molar-refractivity contribution is 14.1. The van der Waals surface area contributed by atoms with Crippen LogP contribution in [0, 0.1) is 3.57 Å². The van der Waals surface area contributed by atoms with Crippen LogP contribution in [-0.4, -0.2) is 42.9 Å². The van der Waals surface area contributed by atoms with Crippen molar-refractivity contribution in [1.29, 1.82) is 0 Å². The second kappa shape index (κ2) is 11.5. The molecule has 0 aliphatic rings. The molecule has 0 spiro atoms. The van der Waals surface area contributed by atoms with Crippen LogP contribution in [0.5, 0.6) is 11.6 Å². The quantitative estimate of drug-likeness (QED) is 0.161. The molecule has 3 aromatic carbocycles. The average molecular weight is 643 g/mol. The number of imidazole rings is 2. The Bertz CT molecular complexity index is 1600. The van der Waals surface area contributed by atoms with E-state index in [-0.39, 0.29) is 24.8 Å². The standard InChI is InChI=1S/C28H24ClIN4O4/c29-22-15-19(30)8-11-21(22)23-16-31-26(32-23)24(14-17-4-2-1-3-5-17)34-27(36)25(33-28(34)37)18-6-9-20(10-7-18)38-13-12-35/h1-11,15-16,24,35-36H,12-14H2,(H,31,32)(H,33,37)/t24-/m1/s1. The molecule has 10 heteroatoms. The van der Waals surface area contributed by atoms with Crippen LogP contribution < -0.4 is 10.4 Å². The zero-order chi connectivity index (χ0) is 26.6. The first-order valence-electron chi connectivity index (χ1n) is 11.9. The van der Waals surface area contributed by atoms with Crippen molar-refractivity contribution in [1.82, 2.24) is 19.5 Å². The van der Waals surface area contributed by atoms with E-state index in [1.807, 2.05) is 48.5 Å². The number of nitrogens with zero attached hydrogens (tertiary/aromatic N) is 2. The van der Waals surface area contributed by atoms with Crippen LogP contribution in [0.2, 0.25) is 5.02 Å². The third-order valence-electron chi connectivity index (χ3n) is 6.12. The van der Waals surface area contributed by atoms with Gasteiger partial charge in [0.25, 0.3) is 0 Å². The smallest absolute Gasteiger partial charge is 0.329 e. The molecule has 0 saturated heterocycles. The Labute approximate surface area is 237 Å². The average Bonchev–Trinajstić information content (AvgIpc) is 3.51. The summed E-state index contributed by atoms with van der Waals surface area (Å²) in [5.41, 5.74) is 2.90. The van der Waals surface area contributed by atoms with Gasteiger partial charge in [0.2, 0.25) is 5.88 Å². The first-order valence-corrected chi connectivity index (χ1v) is 13.3. The maximum Gasteiger partial charge on any atom is 0.329 e. The minimum Gasteiger partial charge on any atom is -0.493 e. The molecule has 0 amide bonds. The number of hydrogen-bond donors (Lipinski definition) is 4. The maximum atomic E-state index is 13.2. The monoisotopic (exact) mass is 642 g/mol. The number of rotatable bonds is 9. The second-order valence-electron chi connectivity index (χ2n) is 8.61. The van der Waals surface area contributed by atoms with E-state index in [0.717, 1.165) is 14.7 Å². The van der Waals surface area contributed by atoms with E-state index in [9.17, 15) is 9.90 Å². The molecule has 4 N–H and O–H groups in total. The molecule has 5 aromatic rings. The van der Waals surface area contributed by atoms with E-state index in [1.54, 1.807) is 30.5 Å². The Morgan fingerprint density at radius 3 is 2.53 bits per heavy atom. The fourth-order valence-corrected chi connectivity index (χ4v) is 5.27. The predicted molar refractivity (Wildman–Crippen MR) is 155 cm³/mol. The summed E-state index contributed by atoms with van der Waals surface area (Å²) in [6, 6.07) is 21.7. The fourth-order valence-electron chi connectivity index (χ4n) is 4.31. The molecule has 2 aromatic heterocycles. The SMILES string of the molecule is O=c1[nH]c(-c2ccc(OCCO)cc2)c(O)n1[C@H](Cc1ccccc1)c1ncc(-c2ccc(I)cc2Cl)[nH]1. The van der Waals surface area contributed by atoms with Crippen LogP contribution >= 0.6 is 34.2 Å². The van der Waals surface area contributed by atoms with Gasteiger partial charge in [0.15, 0.2) is 0 Å². The molecule has 0 aliphatic carbocycles. The van der Waals surface area contributed by atoms with Gasteiger partial charge >= 0.3 is 5.69 Å². The molecule has 1 atom stereocenters. The number of nitrogens with one attached hydrogen (secondary N) is 2. The molecule has 5 rings (SSSR count). The highest BCUT2D eigenvalue weighted by Crippen LogP contribution is 2.34. The lowest BCUT2D eigenvalue weighted by molar-refractivity contribution is 0.201. The van der Waals surface area contributed by atoms with Crippen molar-refractivity contribution in [2.75, 3.05) is 13.2 Å². The van der Waals surface area contributed by atoms with E-state index >= 15 is 0 Å². The van der Waals surface area contributed by atoms with Gasteiger partial charge in [-0.05, 0) is 64.6 Å². The second-order valence-corrected chi connectivity index (χ2v) is 10.3. The number of aromatic hydroxyl groups is 1. The van der Waals surface area contributed by atoms with Gasteiger partial charge in [0.1, 0.15) is 29.9 Å².